The third kappa shape index (κ3) is 10.1. The molecule has 0 spiro atoms. The first-order valence-corrected chi connectivity index (χ1v) is 16.9. The molecule has 0 aliphatic carbocycles. The van der Waals surface area contributed by atoms with Crippen LogP contribution in [0.15, 0.2) is 42.5 Å². The molecular weight excluding hydrogens is 673 g/mol. The lowest BCUT2D eigenvalue weighted by atomic mass is 9.92. The molecule has 0 saturated carbocycles. The van der Waals surface area contributed by atoms with Crippen molar-refractivity contribution in [2.75, 3.05) is 19.6 Å². The van der Waals surface area contributed by atoms with Crippen molar-refractivity contribution < 1.29 is 33.8 Å². The van der Waals surface area contributed by atoms with Crippen LogP contribution in [0.2, 0.25) is 10.0 Å². The van der Waals surface area contributed by atoms with Crippen LogP contribution in [0.5, 0.6) is 11.5 Å². The van der Waals surface area contributed by atoms with Gasteiger partial charge in [-0.2, -0.15) is 5.10 Å². The zero-order chi connectivity index (χ0) is 36.0. The number of piperidine rings is 1. The van der Waals surface area contributed by atoms with E-state index in [4.69, 9.17) is 32.7 Å². The maximum atomic E-state index is 13.0. The lowest BCUT2D eigenvalue weighted by Gasteiger charge is -2.32. The highest BCUT2D eigenvalue weighted by Crippen LogP contribution is 2.42. The molecule has 4 rings (SSSR count). The second kappa shape index (κ2) is 15.9. The number of carboxylic acid groups (broad SMARTS) is 1. The van der Waals surface area contributed by atoms with E-state index in [0.29, 0.717) is 49.4 Å². The zero-order valence-electron chi connectivity index (χ0n) is 28.5. The molecule has 3 amide bonds. The number of carbonyl (C=O) groups is 4. The molecule has 3 aromatic rings. The summed E-state index contributed by atoms with van der Waals surface area (Å²) in [4.78, 5) is 51.3. The molecule has 14 heteroatoms. The number of amides is 3. The van der Waals surface area contributed by atoms with Crippen molar-refractivity contribution in [2.45, 2.75) is 71.4 Å². The van der Waals surface area contributed by atoms with E-state index >= 15 is 0 Å². The van der Waals surface area contributed by atoms with Crippen molar-refractivity contribution >= 4 is 47.1 Å². The molecule has 49 heavy (non-hydrogen) atoms. The molecule has 264 valence electrons. The molecule has 2 heterocycles. The summed E-state index contributed by atoms with van der Waals surface area (Å²) in [7, 11) is 1.85. The number of benzene rings is 2. The van der Waals surface area contributed by atoms with Crippen LogP contribution >= 0.6 is 23.2 Å². The van der Waals surface area contributed by atoms with Crippen molar-refractivity contribution in [1.82, 2.24) is 25.3 Å². The molecule has 0 bridgehead atoms. The summed E-state index contributed by atoms with van der Waals surface area (Å²) in [5.74, 6) is -0.854. The van der Waals surface area contributed by atoms with Gasteiger partial charge in [-0.15, -0.1) is 0 Å². The number of halogens is 2. The summed E-state index contributed by atoms with van der Waals surface area (Å²) in [5, 5.41) is 19.7. The van der Waals surface area contributed by atoms with Gasteiger partial charge in [0, 0.05) is 37.3 Å². The predicted molar refractivity (Wildman–Crippen MR) is 186 cm³/mol. The number of hydrogen-bond acceptors (Lipinski definition) is 7. The number of alkyl carbamates (subject to hydrolysis) is 1. The quantitative estimate of drug-likeness (QED) is 0.200. The first-order chi connectivity index (χ1) is 23.0. The molecule has 1 aliphatic heterocycles. The monoisotopic (exact) mass is 715 g/mol. The van der Waals surface area contributed by atoms with Crippen LogP contribution in [0.25, 0.3) is 11.3 Å². The summed E-state index contributed by atoms with van der Waals surface area (Å²) >= 11 is 13.2. The number of hydrogen-bond donors (Lipinski definition) is 3. The number of nitrogens with one attached hydrogen (secondary N) is 2. The molecule has 1 fully saturated rings. The average molecular weight is 717 g/mol. The second-order valence-corrected chi connectivity index (χ2v) is 14.2. The number of carboxylic acids is 1. The van der Waals surface area contributed by atoms with E-state index in [2.05, 4.69) is 15.7 Å². The minimum atomic E-state index is -1.07. The number of aromatic carboxylic acids is 1. The Labute approximate surface area is 296 Å². The highest BCUT2D eigenvalue weighted by molar-refractivity contribution is 6.44. The normalized spacial score (nSPS) is 14.3. The minimum Gasteiger partial charge on any atom is -0.478 e. The molecule has 2 aromatic carbocycles. The Balaban J connectivity index is 1.34. The topological polar surface area (TPSA) is 152 Å². The summed E-state index contributed by atoms with van der Waals surface area (Å²) in [6, 6.07) is 10.6. The lowest BCUT2D eigenvalue weighted by Crippen LogP contribution is -2.51. The Kier molecular flexibility index (Phi) is 12.2. The van der Waals surface area contributed by atoms with Gasteiger partial charge >= 0.3 is 12.1 Å². The standard InChI is InChI=1S/C35H43Cl2N5O7/c1-20(2)16-26(39-34(47)49-35(3,4)5)32(44)38-19-29(43)42-14-12-21(13-15-42)27-18-25(40-41(27)6)24-10-11-28(31(37)30(24)36)48-23-9-7-8-22(17-23)33(45)46/h7-11,17-18,20-21,26H,12-16,19H2,1-6H3,(H,38,44)(H,39,47)(H,45,46)/t26-/m0/s1. The molecule has 12 nitrogen and oxygen atoms in total. The lowest BCUT2D eigenvalue weighted by molar-refractivity contribution is -0.134. The van der Waals surface area contributed by atoms with E-state index in [1.807, 2.05) is 27.0 Å². The smallest absolute Gasteiger partial charge is 0.408 e. The Morgan fingerprint density at radius 1 is 1.04 bits per heavy atom. The number of ether oxygens (including phenoxy) is 2. The van der Waals surface area contributed by atoms with Gasteiger partial charge in [0.1, 0.15) is 28.2 Å². The van der Waals surface area contributed by atoms with Crippen molar-refractivity contribution in [3.8, 4) is 22.8 Å². The first kappa shape index (κ1) is 37.5. The molecule has 3 N–H and O–H groups in total. The van der Waals surface area contributed by atoms with Crippen molar-refractivity contribution in [3.63, 3.8) is 0 Å². The third-order valence-electron chi connectivity index (χ3n) is 7.94. The van der Waals surface area contributed by atoms with E-state index < -0.39 is 29.6 Å². The Bertz CT molecular complexity index is 1690. The highest BCUT2D eigenvalue weighted by atomic mass is 35.5. The van der Waals surface area contributed by atoms with Gasteiger partial charge in [-0.1, -0.05) is 43.1 Å². The highest BCUT2D eigenvalue weighted by Gasteiger charge is 2.29. The van der Waals surface area contributed by atoms with E-state index in [1.165, 1.54) is 12.1 Å². The molecule has 1 aliphatic rings. The molecular formula is C35H43Cl2N5O7. The average Bonchev–Trinajstić information content (AvgIpc) is 3.41. The van der Waals surface area contributed by atoms with Crippen molar-refractivity contribution in [3.05, 3.63) is 63.8 Å². The number of carbonyl (C=O) groups excluding carboxylic acids is 3. The van der Waals surface area contributed by atoms with Crippen molar-refractivity contribution in [2.24, 2.45) is 13.0 Å². The number of aryl methyl sites for hydroxylation is 1. The summed E-state index contributed by atoms with van der Waals surface area (Å²) in [5.41, 5.74) is 1.60. The van der Waals surface area contributed by atoms with Gasteiger partial charge in [-0.05, 0) is 82.3 Å². The number of nitrogens with zero attached hydrogens (tertiary/aromatic N) is 3. The third-order valence-corrected chi connectivity index (χ3v) is 8.81. The first-order valence-electron chi connectivity index (χ1n) is 16.1. The molecule has 0 unspecified atom stereocenters. The van der Waals surface area contributed by atoms with Gasteiger partial charge < -0.3 is 30.1 Å². The minimum absolute atomic E-state index is 0.0826. The molecule has 1 saturated heterocycles. The molecule has 1 aromatic heterocycles. The fourth-order valence-electron chi connectivity index (χ4n) is 5.60. The van der Waals surface area contributed by atoms with Gasteiger partial charge in [0.15, 0.2) is 0 Å². The Morgan fingerprint density at radius 2 is 1.73 bits per heavy atom. The van der Waals surface area contributed by atoms with E-state index in [1.54, 1.807) is 54.6 Å². The van der Waals surface area contributed by atoms with Crippen LogP contribution in [-0.2, 0) is 21.4 Å². The van der Waals surface area contributed by atoms with Crippen LogP contribution < -0.4 is 15.4 Å². The van der Waals surface area contributed by atoms with E-state index in [0.717, 1.165) is 5.69 Å². The van der Waals surface area contributed by atoms with Crippen LogP contribution in [0, 0.1) is 5.92 Å². The fourth-order valence-corrected chi connectivity index (χ4v) is 6.05. The van der Waals surface area contributed by atoms with E-state index in [9.17, 15) is 24.3 Å². The fraction of sp³-hybridized carbons (Fsp3) is 0.457. The summed E-state index contributed by atoms with van der Waals surface area (Å²) in [6.07, 6.45) is 1.12. The zero-order valence-corrected chi connectivity index (χ0v) is 30.0. The van der Waals surface area contributed by atoms with Gasteiger partial charge in [0.2, 0.25) is 11.8 Å². The van der Waals surface area contributed by atoms with Gasteiger partial charge in [0.25, 0.3) is 0 Å². The van der Waals surface area contributed by atoms with Crippen molar-refractivity contribution in [1.29, 1.82) is 0 Å². The SMILES string of the molecule is CC(C)C[C@H](NC(=O)OC(C)(C)C)C(=O)NCC(=O)N1CCC(c2cc(-c3ccc(Oc4cccc(C(=O)O)c4)c(Cl)c3Cl)nn2C)CC1. The van der Waals surface area contributed by atoms with Crippen LogP contribution in [0.4, 0.5) is 4.79 Å². The number of rotatable bonds is 11. The van der Waals surface area contributed by atoms with Gasteiger partial charge in [-0.25, -0.2) is 9.59 Å². The van der Waals surface area contributed by atoms with Crippen LogP contribution in [0.1, 0.15) is 75.9 Å². The van der Waals surface area contributed by atoms with Crippen LogP contribution in [-0.4, -0.2) is 74.9 Å². The largest absolute Gasteiger partial charge is 0.478 e. The maximum Gasteiger partial charge on any atom is 0.408 e. The summed E-state index contributed by atoms with van der Waals surface area (Å²) in [6.45, 7) is 9.96. The number of likely N-dealkylation sites (tertiary alicyclic amines) is 1. The Hall–Kier alpha value is -4.29. The maximum absolute atomic E-state index is 13.0. The molecule has 1 atom stereocenters. The number of aromatic nitrogens is 2. The van der Waals surface area contributed by atoms with Gasteiger partial charge in [0.05, 0.1) is 22.8 Å². The summed E-state index contributed by atoms with van der Waals surface area (Å²) < 4.78 is 12.9. The Morgan fingerprint density at radius 3 is 2.37 bits per heavy atom. The van der Waals surface area contributed by atoms with Gasteiger partial charge in [-0.3, -0.25) is 14.3 Å². The van der Waals surface area contributed by atoms with Crippen LogP contribution in [0.3, 0.4) is 0 Å². The molecule has 0 radical (unpaired) electrons. The predicted octanol–water partition coefficient (Wildman–Crippen LogP) is 6.65. The van der Waals surface area contributed by atoms with E-state index in [-0.39, 0.29) is 45.6 Å². The second-order valence-electron chi connectivity index (χ2n) is 13.5.